The van der Waals surface area contributed by atoms with Crippen LogP contribution in [0.4, 0.5) is 0 Å². The number of thiophene rings is 1. The molecule has 0 aliphatic carbocycles. The lowest BCUT2D eigenvalue weighted by molar-refractivity contribution is 0.0723. The maximum atomic E-state index is 12.3. The van der Waals surface area contributed by atoms with Gasteiger partial charge in [0.1, 0.15) is 11.4 Å². The molecule has 0 aliphatic rings. The van der Waals surface area contributed by atoms with E-state index in [1.807, 2.05) is 28.3 Å². The molecule has 0 radical (unpaired) electrons. The molecule has 1 amide bonds. The fraction of sp³-hybridized carbons (Fsp3) is 0.0588. The number of esters is 1. The van der Waals surface area contributed by atoms with E-state index in [0.29, 0.717) is 17.8 Å². The van der Waals surface area contributed by atoms with Crippen LogP contribution in [-0.2, 0) is 6.54 Å². The number of hydrogen-bond donors (Lipinski definition) is 1. The third-order valence-corrected chi connectivity index (χ3v) is 4.14. The number of carbonyl (C=O) groups is 2. The van der Waals surface area contributed by atoms with Crippen molar-refractivity contribution >= 4 is 23.2 Å². The highest BCUT2D eigenvalue weighted by molar-refractivity contribution is 7.09. The Morgan fingerprint density at radius 3 is 2.74 bits per heavy atom. The van der Waals surface area contributed by atoms with E-state index in [1.54, 1.807) is 41.7 Å². The zero-order valence-corrected chi connectivity index (χ0v) is 13.0. The summed E-state index contributed by atoms with van der Waals surface area (Å²) >= 11 is 1.63. The van der Waals surface area contributed by atoms with Gasteiger partial charge in [-0.1, -0.05) is 12.1 Å². The zero-order chi connectivity index (χ0) is 16.2. The molecule has 0 aliphatic heterocycles. The van der Waals surface area contributed by atoms with Crippen LogP contribution in [0.25, 0.3) is 0 Å². The third-order valence-electron chi connectivity index (χ3n) is 3.27. The van der Waals surface area contributed by atoms with Gasteiger partial charge in [-0.15, -0.1) is 11.3 Å². The molecule has 6 heteroatoms. The second-order valence-electron chi connectivity index (χ2n) is 4.88. The molecule has 0 atom stereocenters. The van der Waals surface area contributed by atoms with Gasteiger partial charge in [0.2, 0.25) is 5.91 Å². The number of hydrogen-bond acceptors (Lipinski definition) is 4. The predicted molar refractivity (Wildman–Crippen MR) is 87.8 cm³/mol. The van der Waals surface area contributed by atoms with Crippen LogP contribution < -0.4 is 10.5 Å². The maximum absolute atomic E-state index is 12.3. The molecular weight excluding hydrogens is 312 g/mol. The van der Waals surface area contributed by atoms with Gasteiger partial charge in [-0.25, -0.2) is 4.79 Å². The number of benzene rings is 1. The highest BCUT2D eigenvalue weighted by Crippen LogP contribution is 2.17. The topological polar surface area (TPSA) is 74.3 Å². The van der Waals surface area contributed by atoms with Crippen molar-refractivity contribution in [3.05, 3.63) is 76.2 Å². The minimum Gasteiger partial charge on any atom is -0.422 e. The second-order valence-corrected chi connectivity index (χ2v) is 5.91. The highest BCUT2D eigenvalue weighted by Gasteiger charge is 2.14. The second kappa shape index (κ2) is 6.50. The Kier molecular flexibility index (Phi) is 4.25. The first-order valence-electron chi connectivity index (χ1n) is 6.93. The Labute approximate surface area is 136 Å². The first kappa shape index (κ1) is 15.1. The van der Waals surface area contributed by atoms with Crippen LogP contribution in [-0.4, -0.2) is 16.4 Å². The number of rotatable bonds is 5. The van der Waals surface area contributed by atoms with Crippen molar-refractivity contribution in [3.63, 3.8) is 0 Å². The Morgan fingerprint density at radius 2 is 2.00 bits per heavy atom. The summed E-state index contributed by atoms with van der Waals surface area (Å²) in [5.74, 6) is -0.757. The Hall–Kier alpha value is -2.86. The summed E-state index contributed by atoms with van der Waals surface area (Å²) in [6.07, 6.45) is 1.83. The van der Waals surface area contributed by atoms with Crippen molar-refractivity contribution < 1.29 is 14.3 Å². The largest absolute Gasteiger partial charge is 0.422 e. The molecule has 0 saturated heterocycles. The van der Waals surface area contributed by atoms with Crippen LogP contribution >= 0.6 is 11.3 Å². The number of ether oxygens (including phenoxy) is 1. The van der Waals surface area contributed by atoms with Crippen molar-refractivity contribution in [2.45, 2.75) is 6.54 Å². The van der Waals surface area contributed by atoms with Gasteiger partial charge < -0.3 is 15.0 Å². The summed E-state index contributed by atoms with van der Waals surface area (Å²) in [5.41, 5.74) is 5.97. The van der Waals surface area contributed by atoms with Crippen LogP contribution in [0.3, 0.4) is 0 Å². The minimum atomic E-state index is -0.566. The Morgan fingerprint density at radius 1 is 1.13 bits per heavy atom. The molecule has 5 nitrogen and oxygen atoms in total. The van der Waals surface area contributed by atoms with E-state index in [4.69, 9.17) is 10.5 Å². The number of nitrogens with two attached hydrogens (primary N) is 1. The third kappa shape index (κ3) is 3.49. The van der Waals surface area contributed by atoms with E-state index in [2.05, 4.69) is 0 Å². The highest BCUT2D eigenvalue weighted by atomic mass is 32.1. The molecule has 2 heterocycles. The minimum absolute atomic E-state index is 0.287. The molecule has 2 N–H and O–H groups in total. The van der Waals surface area contributed by atoms with Crippen LogP contribution in [0, 0.1) is 0 Å². The summed E-state index contributed by atoms with van der Waals surface area (Å²) in [6.45, 7) is 0.608. The van der Waals surface area contributed by atoms with Gasteiger partial charge in [-0.2, -0.15) is 0 Å². The van der Waals surface area contributed by atoms with Crippen molar-refractivity contribution in [3.8, 4) is 5.75 Å². The van der Waals surface area contributed by atoms with Gasteiger partial charge in [0.05, 0.1) is 6.54 Å². The van der Waals surface area contributed by atoms with E-state index >= 15 is 0 Å². The predicted octanol–water partition coefficient (Wildman–Crippen LogP) is 2.92. The van der Waals surface area contributed by atoms with Gasteiger partial charge in [0.25, 0.3) is 0 Å². The first-order valence-corrected chi connectivity index (χ1v) is 7.81. The Bertz CT molecular complexity index is 837. The normalized spacial score (nSPS) is 10.4. The Balaban J connectivity index is 1.78. The quantitative estimate of drug-likeness (QED) is 0.578. The number of amides is 1. The van der Waals surface area contributed by atoms with E-state index < -0.39 is 11.9 Å². The average molecular weight is 326 g/mol. The van der Waals surface area contributed by atoms with Gasteiger partial charge >= 0.3 is 5.97 Å². The molecule has 116 valence electrons. The van der Waals surface area contributed by atoms with Crippen molar-refractivity contribution in [2.75, 3.05) is 0 Å². The number of carbonyl (C=O) groups excluding carboxylic acids is 2. The van der Waals surface area contributed by atoms with Gasteiger partial charge in [-0.05, 0) is 41.8 Å². The summed E-state index contributed by atoms with van der Waals surface area (Å²) in [4.78, 5) is 24.7. The molecule has 0 bridgehead atoms. The summed E-state index contributed by atoms with van der Waals surface area (Å²) < 4.78 is 7.17. The standard InChI is InChI=1S/C17H14N2O3S/c18-16(20)12-4-1-5-13(10-12)22-17(21)15-7-2-8-19(15)11-14-6-3-9-23-14/h1-10H,11H2,(H2,18,20). The fourth-order valence-corrected chi connectivity index (χ4v) is 2.88. The van der Waals surface area contributed by atoms with Crippen molar-refractivity contribution in [1.82, 2.24) is 4.57 Å². The summed E-state index contributed by atoms with van der Waals surface area (Å²) in [5, 5.41) is 1.99. The fourth-order valence-electron chi connectivity index (χ4n) is 2.18. The molecule has 0 saturated carbocycles. The SMILES string of the molecule is NC(=O)c1cccc(OC(=O)c2cccn2Cc2cccs2)c1. The molecular formula is C17H14N2O3S. The molecule has 0 fully saturated rings. The molecule has 3 rings (SSSR count). The number of aromatic nitrogens is 1. The lowest BCUT2D eigenvalue weighted by atomic mass is 10.2. The molecule has 0 unspecified atom stereocenters. The van der Waals surface area contributed by atoms with E-state index in [1.165, 1.54) is 6.07 Å². The molecule has 0 spiro atoms. The maximum Gasteiger partial charge on any atom is 0.360 e. The monoisotopic (exact) mass is 326 g/mol. The molecule has 23 heavy (non-hydrogen) atoms. The summed E-state index contributed by atoms with van der Waals surface area (Å²) in [7, 11) is 0. The van der Waals surface area contributed by atoms with Gasteiger partial charge in [0.15, 0.2) is 0 Å². The van der Waals surface area contributed by atoms with Crippen LogP contribution in [0.5, 0.6) is 5.75 Å². The molecule has 3 aromatic rings. The number of nitrogens with zero attached hydrogens (tertiary/aromatic N) is 1. The van der Waals surface area contributed by atoms with Crippen LogP contribution in [0.1, 0.15) is 25.7 Å². The van der Waals surface area contributed by atoms with Crippen molar-refractivity contribution in [2.24, 2.45) is 5.73 Å². The lowest BCUT2D eigenvalue weighted by Crippen LogP contribution is -2.15. The average Bonchev–Trinajstić information content (AvgIpc) is 3.19. The van der Waals surface area contributed by atoms with Gasteiger partial charge in [0, 0.05) is 16.6 Å². The lowest BCUT2D eigenvalue weighted by Gasteiger charge is -2.08. The van der Waals surface area contributed by atoms with E-state index in [0.717, 1.165) is 4.88 Å². The van der Waals surface area contributed by atoms with Gasteiger partial charge in [-0.3, -0.25) is 4.79 Å². The van der Waals surface area contributed by atoms with Crippen molar-refractivity contribution in [1.29, 1.82) is 0 Å². The zero-order valence-electron chi connectivity index (χ0n) is 12.1. The van der Waals surface area contributed by atoms with E-state index in [9.17, 15) is 9.59 Å². The number of primary amides is 1. The van der Waals surface area contributed by atoms with Crippen LogP contribution in [0.2, 0.25) is 0 Å². The first-order chi connectivity index (χ1) is 11.1. The summed E-state index contributed by atoms with van der Waals surface area (Å²) in [6, 6.07) is 13.7. The smallest absolute Gasteiger partial charge is 0.360 e. The molecule has 1 aromatic carbocycles. The van der Waals surface area contributed by atoms with E-state index in [-0.39, 0.29) is 5.75 Å². The molecule has 2 aromatic heterocycles. The van der Waals surface area contributed by atoms with Crippen LogP contribution in [0.15, 0.2) is 60.1 Å².